The minimum Gasteiger partial charge on any atom is -0.419 e. The first kappa shape index (κ1) is 17.2. The molecule has 5 nitrogen and oxygen atoms in total. The molecule has 0 bridgehead atoms. The SMILES string of the molecule is CCC(C)Nc1oc(-c2ccccc2)nc1S(=O)(=O)c1ccccc1. The summed E-state index contributed by atoms with van der Waals surface area (Å²) in [6.45, 7) is 3.97. The molecule has 3 aromatic rings. The number of anilines is 1. The maximum absolute atomic E-state index is 13.0. The summed E-state index contributed by atoms with van der Waals surface area (Å²) in [7, 11) is -3.78. The molecular weight excluding hydrogens is 336 g/mol. The van der Waals surface area contributed by atoms with E-state index in [1.54, 1.807) is 30.3 Å². The molecule has 6 heteroatoms. The lowest BCUT2D eigenvalue weighted by molar-refractivity contribution is 0.566. The molecule has 1 aromatic heterocycles. The molecule has 25 heavy (non-hydrogen) atoms. The smallest absolute Gasteiger partial charge is 0.234 e. The van der Waals surface area contributed by atoms with Gasteiger partial charge in [0.2, 0.25) is 26.6 Å². The molecule has 0 aliphatic heterocycles. The van der Waals surface area contributed by atoms with Gasteiger partial charge in [0.1, 0.15) is 0 Å². The number of sulfone groups is 1. The Bertz CT molecular complexity index is 935. The molecule has 1 atom stereocenters. The van der Waals surface area contributed by atoms with Gasteiger partial charge in [-0.15, -0.1) is 0 Å². The second-order valence-electron chi connectivity index (χ2n) is 5.79. The van der Waals surface area contributed by atoms with Crippen molar-refractivity contribution in [3.63, 3.8) is 0 Å². The number of rotatable bonds is 6. The monoisotopic (exact) mass is 356 g/mol. The molecule has 1 N–H and O–H groups in total. The molecule has 0 spiro atoms. The number of hydrogen-bond acceptors (Lipinski definition) is 5. The average Bonchev–Trinajstić information content (AvgIpc) is 3.07. The van der Waals surface area contributed by atoms with Gasteiger partial charge in [-0.3, -0.25) is 0 Å². The van der Waals surface area contributed by atoms with Crippen LogP contribution in [0.1, 0.15) is 20.3 Å². The van der Waals surface area contributed by atoms with Crippen molar-refractivity contribution in [1.82, 2.24) is 4.98 Å². The Morgan fingerprint density at radius 1 is 1.04 bits per heavy atom. The Labute approximate surface area is 147 Å². The maximum atomic E-state index is 13.0. The van der Waals surface area contributed by atoms with Crippen LogP contribution in [0.2, 0.25) is 0 Å². The van der Waals surface area contributed by atoms with E-state index >= 15 is 0 Å². The third kappa shape index (κ3) is 3.58. The highest BCUT2D eigenvalue weighted by Gasteiger charge is 2.28. The molecule has 1 heterocycles. The van der Waals surface area contributed by atoms with Crippen LogP contribution in [0.3, 0.4) is 0 Å². The van der Waals surface area contributed by atoms with Crippen LogP contribution in [0.5, 0.6) is 0 Å². The van der Waals surface area contributed by atoms with Crippen LogP contribution >= 0.6 is 0 Å². The molecule has 0 amide bonds. The highest BCUT2D eigenvalue weighted by Crippen LogP contribution is 2.32. The molecule has 0 aliphatic carbocycles. The summed E-state index contributed by atoms with van der Waals surface area (Å²) in [6, 6.07) is 17.6. The van der Waals surface area contributed by atoms with E-state index in [2.05, 4.69) is 10.3 Å². The van der Waals surface area contributed by atoms with E-state index in [4.69, 9.17) is 4.42 Å². The van der Waals surface area contributed by atoms with Crippen LogP contribution in [-0.2, 0) is 9.84 Å². The fourth-order valence-corrected chi connectivity index (χ4v) is 3.61. The van der Waals surface area contributed by atoms with Gasteiger partial charge in [0.05, 0.1) is 4.90 Å². The number of oxazole rings is 1. The predicted octanol–water partition coefficient (Wildman–Crippen LogP) is 4.38. The van der Waals surface area contributed by atoms with E-state index in [9.17, 15) is 8.42 Å². The summed E-state index contributed by atoms with van der Waals surface area (Å²) in [6.07, 6.45) is 0.826. The summed E-state index contributed by atoms with van der Waals surface area (Å²) in [5.41, 5.74) is 0.726. The number of benzene rings is 2. The number of nitrogens with one attached hydrogen (secondary N) is 1. The van der Waals surface area contributed by atoms with Crippen molar-refractivity contribution in [3.8, 4) is 11.5 Å². The van der Waals surface area contributed by atoms with Crippen LogP contribution < -0.4 is 5.32 Å². The summed E-state index contributed by atoms with van der Waals surface area (Å²) in [4.78, 5) is 4.49. The lowest BCUT2D eigenvalue weighted by Crippen LogP contribution is -2.15. The molecule has 1 unspecified atom stereocenters. The topological polar surface area (TPSA) is 72.2 Å². The third-order valence-corrected chi connectivity index (χ3v) is 5.59. The Hall–Kier alpha value is -2.60. The lowest BCUT2D eigenvalue weighted by atomic mass is 10.2. The molecule has 130 valence electrons. The first-order valence-electron chi connectivity index (χ1n) is 8.15. The molecule has 0 aliphatic rings. The van der Waals surface area contributed by atoms with Crippen molar-refractivity contribution < 1.29 is 12.8 Å². The van der Waals surface area contributed by atoms with Gasteiger partial charge in [-0.2, -0.15) is 4.98 Å². The lowest BCUT2D eigenvalue weighted by Gasteiger charge is -2.11. The predicted molar refractivity (Wildman–Crippen MR) is 97.2 cm³/mol. The van der Waals surface area contributed by atoms with E-state index in [0.29, 0.717) is 0 Å². The molecular formula is C19H20N2O3S. The summed E-state index contributed by atoms with van der Waals surface area (Å²) in [5.74, 6) is 0.456. The number of hydrogen-bond donors (Lipinski definition) is 1. The van der Waals surface area contributed by atoms with Crippen LogP contribution in [0, 0.1) is 0 Å². The first-order chi connectivity index (χ1) is 12.0. The maximum Gasteiger partial charge on any atom is 0.234 e. The van der Waals surface area contributed by atoms with Crippen LogP contribution in [0.15, 0.2) is 75.0 Å². The fourth-order valence-electron chi connectivity index (χ4n) is 2.32. The highest BCUT2D eigenvalue weighted by atomic mass is 32.2. The number of aromatic nitrogens is 1. The first-order valence-corrected chi connectivity index (χ1v) is 9.63. The second kappa shape index (κ2) is 7.11. The quantitative estimate of drug-likeness (QED) is 0.709. The Kier molecular flexibility index (Phi) is 4.90. The van der Waals surface area contributed by atoms with E-state index in [-0.39, 0.29) is 27.7 Å². The van der Waals surface area contributed by atoms with Crippen molar-refractivity contribution in [2.45, 2.75) is 36.2 Å². The normalized spacial score (nSPS) is 12.7. The standard InChI is InChI=1S/C19H20N2O3S/c1-3-14(2)20-18-19(25(22,23)16-12-8-5-9-13-16)21-17(24-18)15-10-6-4-7-11-15/h4-14,20H,3H2,1-2H3. The van der Waals surface area contributed by atoms with E-state index < -0.39 is 9.84 Å². The zero-order valence-electron chi connectivity index (χ0n) is 14.1. The second-order valence-corrected chi connectivity index (χ2v) is 7.65. The van der Waals surface area contributed by atoms with Crippen molar-refractivity contribution >= 4 is 15.7 Å². The van der Waals surface area contributed by atoms with Gasteiger partial charge < -0.3 is 9.73 Å². The third-order valence-electron chi connectivity index (χ3n) is 3.91. The minimum absolute atomic E-state index is 0.0568. The molecule has 2 aromatic carbocycles. The molecule has 0 saturated carbocycles. The molecule has 0 fully saturated rings. The minimum atomic E-state index is -3.78. The van der Waals surface area contributed by atoms with E-state index in [1.165, 1.54) is 0 Å². The summed E-state index contributed by atoms with van der Waals surface area (Å²) in [5, 5.41) is 3.03. The Morgan fingerprint density at radius 2 is 1.64 bits per heavy atom. The molecule has 0 radical (unpaired) electrons. The summed E-state index contributed by atoms with van der Waals surface area (Å²) >= 11 is 0. The van der Waals surface area contributed by atoms with Gasteiger partial charge >= 0.3 is 0 Å². The van der Waals surface area contributed by atoms with Gasteiger partial charge in [-0.25, -0.2) is 8.42 Å². The van der Waals surface area contributed by atoms with Crippen molar-refractivity contribution in [2.24, 2.45) is 0 Å². The summed E-state index contributed by atoms with van der Waals surface area (Å²) < 4.78 is 31.8. The van der Waals surface area contributed by atoms with Gasteiger partial charge in [0, 0.05) is 11.6 Å². The molecule has 3 rings (SSSR count). The fraction of sp³-hybridized carbons (Fsp3) is 0.211. The molecule has 0 saturated heterocycles. The largest absolute Gasteiger partial charge is 0.419 e. The van der Waals surface area contributed by atoms with Gasteiger partial charge in [-0.1, -0.05) is 43.3 Å². The van der Waals surface area contributed by atoms with Crippen molar-refractivity contribution in [2.75, 3.05) is 5.32 Å². The van der Waals surface area contributed by atoms with Crippen LogP contribution in [0.25, 0.3) is 11.5 Å². The van der Waals surface area contributed by atoms with Gasteiger partial charge in [-0.05, 0) is 37.6 Å². The Morgan fingerprint density at radius 3 is 2.24 bits per heavy atom. The highest BCUT2D eigenvalue weighted by molar-refractivity contribution is 7.91. The van der Waals surface area contributed by atoms with Gasteiger partial charge in [0.25, 0.3) is 0 Å². The van der Waals surface area contributed by atoms with E-state index in [0.717, 1.165) is 12.0 Å². The van der Waals surface area contributed by atoms with Crippen molar-refractivity contribution in [3.05, 3.63) is 60.7 Å². The van der Waals surface area contributed by atoms with Crippen LogP contribution in [-0.4, -0.2) is 19.4 Å². The van der Waals surface area contributed by atoms with Crippen LogP contribution in [0.4, 0.5) is 5.88 Å². The number of nitrogens with zero attached hydrogens (tertiary/aromatic N) is 1. The van der Waals surface area contributed by atoms with Gasteiger partial charge in [0.15, 0.2) is 0 Å². The zero-order valence-corrected chi connectivity index (χ0v) is 15.0. The zero-order chi connectivity index (χ0) is 17.9. The van der Waals surface area contributed by atoms with Crippen molar-refractivity contribution in [1.29, 1.82) is 0 Å². The van der Waals surface area contributed by atoms with E-state index in [1.807, 2.05) is 44.2 Å². The average molecular weight is 356 g/mol. The Balaban J connectivity index is 2.12.